The van der Waals surface area contributed by atoms with Crippen molar-refractivity contribution in [3.8, 4) is 0 Å². The summed E-state index contributed by atoms with van der Waals surface area (Å²) in [7, 11) is 0. The summed E-state index contributed by atoms with van der Waals surface area (Å²) in [6.45, 7) is 21.1. The standard InChI is InChI=1S/C18H32/c1-16(2,3)13-10-14(17(4,5)6)12-15(11-13)18(7,8)9/h10-11,14H,12H2,1-9H3. The van der Waals surface area contributed by atoms with Crippen molar-refractivity contribution in [2.24, 2.45) is 22.2 Å². The molecule has 0 amide bonds. The highest BCUT2D eigenvalue weighted by Gasteiger charge is 2.32. The molecule has 0 heterocycles. The summed E-state index contributed by atoms with van der Waals surface area (Å²) in [6, 6.07) is 0. The molecule has 0 aromatic carbocycles. The average molecular weight is 248 g/mol. The van der Waals surface area contributed by atoms with Crippen molar-refractivity contribution in [2.45, 2.75) is 68.7 Å². The molecule has 1 atom stereocenters. The maximum atomic E-state index is 2.52. The van der Waals surface area contributed by atoms with Crippen LogP contribution < -0.4 is 0 Å². The zero-order valence-electron chi connectivity index (χ0n) is 13.9. The number of hydrogen-bond donors (Lipinski definition) is 0. The molecular formula is C18H32. The van der Waals surface area contributed by atoms with E-state index in [1.807, 2.05) is 0 Å². The lowest BCUT2D eigenvalue weighted by Gasteiger charge is -2.39. The molecule has 1 rings (SSSR count). The lowest BCUT2D eigenvalue weighted by molar-refractivity contribution is 0.270. The topological polar surface area (TPSA) is 0 Å². The van der Waals surface area contributed by atoms with Crippen LogP contribution in [0.5, 0.6) is 0 Å². The quantitative estimate of drug-likeness (QED) is 0.493. The largest absolute Gasteiger partial charge is 0.0768 e. The van der Waals surface area contributed by atoms with Gasteiger partial charge in [0.1, 0.15) is 0 Å². The van der Waals surface area contributed by atoms with E-state index in [1.54, 1.807) is 5.57 Å². The van der Waals surface area contributed by atoms with Crippen molar-refractivity contribution in [2.75, 3.05) is 0 Å². The van der Waals surface area contributed by atoms with Gasteiger partial charge in [0.25, 0.3) is 0 Å². The fourth-order valence-corrected chi connectivity index (χ4v) is 2.35. The molecule has 0 fully saturated rings. The van der Waals surface area contributed by atoms with E-state index in [-0.39, 0.29) is 10.8 Å². The first-order valence-corrected chi connectivity index (χ1v) is 7.25. The molecule has 1 aliphatic carbocycles. The van der Waals surface area contributed by atoms with Crippen molar-refractivity contribution < 1.29 is 0 Å². The van der Waals surface area contributed by atoms with E-state index in [4.69, 9.17) is 0 Å². The first kappa shape index (κ1) is 15.5. The van der Waals surface area contributed by atoms with Crippen LogP contribution in [0, 0.1) is 22.2 Å². The molecule has 104 valence electrons. The Balaban J connectivity index is 3.21. The smallest absolute Gasteiger partial charge is 0.0135 e. The zero-order valence-corrected chi connectivity index (χ0v) is 13.9. The van der Waals surface area contributed by atoms with Crippen LogP contribution in [0.15, 0.2) is 23.3 Å². The third-order valence-electron chi connectivity index (χ3n) is 4.09. The first-order chi connectivity index (χ1) is 7.82. The van der Waals surface area contributed by atoms with Crippen molar-refractivity contribution in [3.05, 3.63) is 23.3 Å². The van der Waals surface area contributed by atoms with Gasteiger partial charge in [-0.05, 0) is 34.2 Å². The Kier molecular flexibility index (Phi) is 3.92. The Morgan fingerprint density at radius 1 is 0.833 bits per heavy atom. The molecular weight excluding hydrogens is 216 g/mol. The number of rotatable bonds is 0. The normalized spacial score (nSPS) is 22.6. The van der Waals surface area contributed by atoms with Gasteiger partial charge < -0.3 is 0 Å². The van der Waals surface area contributed by atoms with Gasteiger partial charge in [-0.1, -0.05) is 80.0 Å². The lowest BCUT2D eigenvalue weighted by atomic mass is 9.66. The minimum atomic E-state index is 0.250. The molecule has 0 spiro atoms. The zero-order chi connectivity index (χ0) is 14.4. The van der Waals surface area contributed by atoms with E-state index in [1.165, 1.54) is 12.0 Å². The van der Waals surface area contributed by atoms with Crippen molar-refractivity contribution in [3.63, 3.8) is 0 Å². The molecule has 0 N–H and O–H groups in total. The lowest BCUT2D eigenvalue weighted by Crippen LogP contribution is -2.27. The molecule has 0 aromatic rings. The van der Waals surface area contributed by atoms with Crippen LogP contribution >= 0.6 is 0 Å². The predicted octanol–water partition coefficient (Wildman–Crippen LogP) is 6.00. The maximum Gasteiger partial charge on any atom is -0.0135 e. The summed E-state index contributed by atoms with van der Waals surface area (Å²) < 4.78 is 0. The van der Waals surface area contributed by atoms with Gasteiger partial charge in [-0.2, -0.15) is 0 Å². The fraction of sp³-hybridized carbons (Fsp3) is 0.778. The van der Waals surface area contributed by atoms with E-state index >= 15 is 0 Å². The second-order valence-corrected chi connectivity index (χ2v) is 8.97. The summed E-state index contributed by atoms with van der Waals surface area (Å²) in [4.78, 5) is 0. The van der Waals surface area contributed by atoms with E-state index in [0.717, 1.165) is 0 Å². The van der Waals surface area contributed by atoms with E-state index in [2.05, 4.69) is 74.5 Å². The highest BCUT2D eigenvalue weighted by molar-refractivity contribution is 5.36. The van der Waals surface area contributed by atoms with Gasteiger partial charge in [-0.3, -0.25) is 0 Å². The fourth-order valence-electron chi connectivity index (χ4n) is 2.35. The molecule has 0 aromatic heterocycles. The second kappa shape index (κ2) is 4.54. The Bertz CT molecular complexity index is 358. The van der Waals surface area contributed by atoms with Crippen molar-refractivity contribution >= 4 is 0 Å². The summed E-state index contributed by atoms with van der Waals surface area (Å²) >= 11 is 0. The van der Waals surface area contributed by atoms with Gasteiger partial charge in [0.15, 0.2) is 0 Å². The molecule has 0 heteroatoms. The Labute approximate surface area is 115 Å². The SMILES string of the molecule is CC(C)(C)C1=CC(C(C)(C)C)CC(C(C)(C)C)=C1. The molecule has 0 saturated heterocycles. The van der Waals surface area contributed by atoms with Gasteiger partial charge >= 0.3 is 0 Å². The van der Waals surface area contributed by atoms with Crippen LogP contribution in [-0.2, 0) is 0 Å². The minimum absolute atomic E-state index is 0.250. The van der Waals surface area contributed by atoms with E-state index in [9.17, 15) is 0 Å². The van der Waals surface area contributed by atoms with Crippen LogP contribution in [0.3, 0.4) is 0 Å². The van der Waals surface area contributed by atoms with Gasteiger partial charge in [-0.25, -0.2) is 0 Å². The highest BCUT2D eigenvalue weighted by atomic mass is 14.4. The molecule has 0 aliphatic heterocycles. The summed E-state index contributed by atoms with van der Waals surface area (Å²) in [5.41, 5.74) is 4.00. The van der Waals surface area contributed by atoms with E-state index < -0.39 is 0 Å². The van der Waals surface area contributed by atoms with Crippen molar-refractivity contribution in [1.29, 1.82) is 0 Å². The number of allylic oxidation sites excluding steroid dienone is 4. The Hall–Kier alpha value is -0.520. The minimum Gasteiger partial charge on any atom is -0.0768 e. The third-order valence-corrected chi connectivity index (χ3v) is 4.09. The van der Waals surface area contributed by atoms with Gasteiger partial charge in [-0.15, -0.1) is 0 Å². The average Bonchev–Trinajstić information content (AvgIpc) is 2.13. The van der Waals surface area contributed by atoms with Crippen LogP contribution in [0.1, 0.15) is 68.7 Å². The molecule has 0 nitrogen and oxygen atoms in total. The van der Waals surface area contributed by atoms with Crippen LogP contribution in [-0.4, -0.2) is 0 Å². The summed E-state index contributed by atoms with van der Waals surface area (Å²) in [6.07, 6.45) is 6.20. The molecule has 0 saturated carbocycles. The first-order valence-electron chi connectivity index (χ1n) is 7.25. The van der Waals surface area contributed by atoms with Gasteiger partial charge in [0, 0.05) is 0 Å². The predicted molar refractivity (Wildman–Crippen MR) is 82.6 cm³/mol. The van der Waals surface area contributed by atoms with Crippen LogP contribution in [0.2, 0.25) is 0 Å². The second-order valence-electron chi connectivity index (χ2n) is 8.97. The highest BCUT2D eigenvalue weighted by Crippen LogP contribution is 2.45. The third kappa shape index (κ3) is 3.73. The Morgan fingerprint density at radius 2 is 1.33 bits per heavy atom. The summed E-state index contributed by atoms with van der Waals surface area (Å²) in [5.74, 6) is 0.658. The molecule has 18 heavy (non-hydrogen) atoms. The molecule has 0 radical (unpaired) electrons. The molecule has 1 unspecified atom stereocenters. The molecule has 0 bridgehead atoms. The Morgan fingerprint density at radius 3 is 1.67 bits per heavy atom. The van der Waals surface area contributed by atoms with Gasteiger partial charge in [0.05, 0.1) is 0 Å². The van der Waals surface area contributed by atoms with Gasteiger partial charge in [0.2, 0.25) is 0 Å². The van der Waals surface area contributed by atoms with E-state index in [0.29, 0.717) is 11.3 Å². The van der Waals surface area contributed by atoms with Crippen LogP contribution in [0.4, 0.5) is 0 Å². The summed E-state index contributed by atoms with van der Waals surface area (Å²) in [5, 5.41) is 0. The van der Waals surface area contributed by atoms with Crippen molar-refractivity contribution in [1.82, 2.24) is 0 Å². The maximum absolute atomic E-state index is 2.52. The molecule has 1 aliphatic rings. The monoisotopic (exact) mass is 248 g/mol. The number of hydrogen-bond acceptors (Lipinski definition) is 0. The van der Waals surface area contributed by atoms with Crippen LogP contribution in [0.25, 0.3) is 0 Å².